The molecular weight excluding hydrogens is 571 g/mol. The van der Waals surface area contributed by atoms with Crippen LogP contribution in [0.4, 0.5) is 0 Å². The predicted molar refractivity (Wildman–Crippen MR) is 197 cm³/mol. The fourth-order valence-electron chi connectivity index (χ4n) is 7.04. The molecule has 3 aromatic rings. The van der Waals surface area contributed by atoms with Crippen molar-refractivity contribution in [2.24, 2.45) is 0 Å². The van der Waals surface area contributed by atoms with Gasteiger partial charge in [0.25, 0.3) is 0 Å². The monoisotopic (exact) mass is 632 g/mol. The van der Waals surface area contributed by atoms with Crippen LogP contribution in [0.1, 0.15) is 148 Å². The van der Waals surface area contributed by atoms with Crippen molar-refractivity contribution in [1.82, 2.24) is 0 Å². The molecule has 2 N–H and O–H groups in total. The van der Waals surface area contributed by atoms with E-state index in [-0.39, 0.29) is 21.7 Å². The fourth-order valence-corrected chi connectivity index (χ4v) is 7.38. The Morgan fingerprint density at radius 1 is 0.556 bits per heavy atom. The van der Waals surface area contributed by atoms with Gasteiger partial charge in [-0.15, -0.1) is 0 Å². The average molecular weight is 633 g/mol. The van der Waals surface area contributed by atoms with Gasteiger partial charge in [0.2, 0.25) is 0 Å². The largest absolute Gasteiger partial charge is 0.426 e. The highest BCUT2D eigenvalue weighted by Gasteiger charge is 2.38. The molecule has 248 valence electrons. The van der Waals surface area contributed by atoms with E-state index in [1.54, 1.807) is 0 Å². The van der Waals surface area contributed by atoms with E-state index < -0.39 is 8.60 Å². The van der Waals surface area contributed by atoms with E-state index in [0.29, 0.717) is 5.75 Å². The summed E-state index contributed by atoms with van der Waals surface area (Å²) in [4.78, 5) is 21.0. The van der Waals surface area contributed by atoms with Gasteiger partial charge in [0, 0.05) is 11.1 Å². The number of hydrogen-bond donors (Lipinski definition) is 2. The van der Waals surface area contributed by atoms with E-state index in [1.807, 2.05) is 0 Å². The zero-order valence-corrected chi connectivity index (χ0v) is 31.9. The number of hydrogen-bond acceptors (Lipinski definition) is 3. The first-order valence-corrected chi connectivity index (χ1v) is 18.2. The molecule has 0 fully saturated rings. The van der Waals surface area contributed by atoms with E-state index in [1.165, 1.54) is 33.4 Å². The Kier molecular flexibility index (Phi) is 11.2. The molecule has 0 aliphatic rings. The molecule has 3 aromatic carbocycles. The first-order chi connectivity index (χ1) is 20.7. The summed E-state index contributed by atoms with van der Waals surface area (Å²) in [5, 5.41) is 0. The van der Waals surface area contributed by atoms with E-state index in [4.69, 9.17) is 4.52 Å². The Bertz CT molecular complexity index is 1520. The van der Waals surface area contributed by atoms with Crippen LogP contribution in [0.5, 0.6) is 5.75 Å². The fraction of sp³-hybridized carbons (Fsp3) is 0.561. The Morgan fingerprint density at radius 3 is 1.29 bits per heavy atom. The highest BCUT2D eigenvalue weighted by molar-refractivity contribution is 7.39. The molecule has 0 aliphatic heterocycles. The normalized spacial score (nSPS) is 13.1. The van der Waals surface area contributed by atoms with Crippen molar-refractivity contribution in [3.8, 4) is 28.0 Å². The summed E-state index contributed by atoms with van der Waals surface area (Å²) in [6.07, 6.45) is 3.93. The van der Waals surface area contributed by atoms with Crippen LogP contribution in [-0.2, 0) is 21.7 Å². The van der Waals surface area contributed by atoms with Gasteiger partial charge in [0.1, 0.15) is 5.75 Å². The van der Waals surface area contributed by atoms with Crippen molar-refractivity contribution < 1.29 is 14.3 Å². The van der Waals surface area contributed by atoms with Gasteiger partial charge in [0.15, 0.2) is 0 Å². The van der Waals surface area contributed by atoms with Crippen LogP contribution in [0, 0.1) is 20.8 Å². The molecule has 0 radical (unpaired) electrons. The van der Waals surface area contributed by atoms with Crippen molar-refractivity contribution in [2.45, 2.75) is 151 Å². The first-order valence-electron chi connectivity index (χ1n) is 17.0. The Labute approximate surface area is 276 Å². The van der Waals surface area contributed by atoms with Gasteiger partial charge in [-0.25, -0.2) is 0 Å². The van der Waals surface area contributed by atoms with E-state index in [0.717, 1.165) is 53.5 Å². The second-order valence-electron chi connectivity index (χ2n) is 15.8. The maximum Gasteiger partial charge on any atom is 0.391 e. The molecule has 3 nitrogen and oxygen atoms in total. The quantitative estimate of drug-likeness (QED) is 0.195. The molecular formula is C41H61O3P. The minimum Gasteiger partial charge on any atom is -0.426 e. The predicted octanol–water partition coefficient (Wildman–Crippen LogP) is 12.3. The summed E-state index contributed by atoms with van der Waals surface area (Å²) in [5.41, 5.74) is 12.7. The van der Waals surface area contributed by atoms with E-state index in [9.17, 15) is 9.79 Å². The lowest BCUT2D eigenvalue weighted by Gasteiger charge is -2.38. The highest BCUT2D eigenvalue weighted by Crippen LogP contribution is 2.55. The molecule has 0 bridgehead atoms. The zero-order chi connectivity index (χ0) is 34.3. The SMILES string of the molecule is CCC(C)(C)c1ccc(-c2c(C)c(C(C)(C)CC)c(-c3ccc(C(C)(C)CC)c(C)c3)c(C(C)(C)CC)c2OP(O)O)cc1C. The van der Waals surface area contributed by atoms with Crippen molar-refractivity contribution in [2.75, 3.05) is 0 Å². The lowest BCUT2D eigenvalue weighted by atomic mass is 9.67. The van der Waals surface area contributed by atoms with Crippen molar-refractivity contribution in [3.05, 3.63) is 75.3 Å². The van der Waals surface area contributed by atoms with Crippen LogP contribution in [0.3, 0.4) is 0 Å². The summed E-state index contributed by atoms with van der Waals surface area (Å²) < 4.78 is 6.22. The second-order valence-corrected chi connectivity index (χ2v) is 16.5. The maximum atomic E-state index is 10.5. The Balaban J connectivity index is 2.65. The minimum atomic E-state index is -2.65. The highest BCUT2D eigenvalue weighted by atomic mass is 31.2. The van der Waals surface area contributed by atoms with Crippen LogP contribution in [-0.4, -0.2) is 9.79 Å². The van der Waals surface area contributed by atoms with Crippen LogP contribution in [0.2, 0.25) is 0 Å². The minimum absolute atomic E-state index is 0.0620. The number of benzene rings is 3. The standard InChI is InChI=1S/C41H61O3P/c1-16-38(8,9)31-22-20-29(24-26(31)5)33-28(7)35(40(12,13)18-3)34(36(41(14,15)19-4)37(33)44-45(42)43)30-21-23-32(27(6)25-30)39(10,11)17-2/h20-25,42-43H,16-19H2,1-15H3. The Morgan fingerprint density at radius 2 is 0.933 bits per heavy atom. The van der Waals surface area contributed by atoms with E-state index >= 15 is 0 Å². The van der Waals surface area contributed by atoms with Crippen LogP contribution in [0.15, 0.2) is 36.4 Å². The van der Waals surface area contributed by atoms with Gasteiger partial charge >= 0.3 is 8.60 Å². The van der Waals surface area contributed by atoms with Crippen molar-refractivity contribution in [3.63, 3.8) is 0 Å². The topological polar surface area (TPSA) is 49.7 Å². The van der Waals surface area contributed by atoms with Gasteiger partial charge in [0.05, 0.1) is 0 Å². The second kappa shape index (κ2) is 13.5. The smallest absolute Gasteiger partial charge is 0.391 e. The van der Waals surface area contributed by atoms with Gasteiger partial charge in [-0.3, -0.25) is 0 Å². The molecule has 45 heavy (non-hydrogen) atoms. The molecule has 3 rings (SSSR count). The molecule has 0 aliphatic carbocycles. The zero-order valence-electron chi connectivity index (χ0n) is 31.0. The summed E-state index contributed by atoms with van der Waals surface area (Å²) in [6, 6.07) is 13.7. The van der Waals surface area contributed by atoms with Crippen molar-refractivity contribution >= 4 is 8.60 Å². The van der Waals surface area contributed by atoms with Crippen LogP contribution < -0.4 is 4.52 Å². The summed E-state index contributed by atoms with van der Waals surface area (Å²) >= 11 is 0. The third kappa shape index (κ3) is 7.22. The lowest BCUT2D eigenvalue weighted by Crippen LogP contribution is -2.26. The molecule has 0 spiro atoms. The molecule has 0 atom stereocenters. The first kappa shape index (κ1) is 37.3. The maximum absolute atomic E-state index is 10.5. The van der Waals surface area contributed by atoms with Gasteiger partial charge < -0.3 is 14.3 Å². The van der Waals surface area contributed by atoms with Crippen LogP contribution in [0.25, 0.3) is 22.3 Å². The molecule has 0 aromatic heterocycles. The number of aryl methyl sites for hydroxylation is 2. The summed E-state index contributed by atoms with van der Waals surface area (Å²) in [6.45, 7) is 34.0. The molecule has 0 heterocycles. The third-order valence-corrected chi connectivity index (χ3v) is 11.6. The van der Waals surface area contributed by atoms with E-state index in [2.05, 4.69) is 140 Å². The molecule has 0 unspecified atom stereocenters. The lowest BCUT2D eigenvalue weighted by molar-refractivity contribution is 0.367. The Hall–Kier alpha value is -2.19. The molecule has 0 saturated carbocycles. The third-order valence-electron chi connectivity index (χ3n) is 11.3. The van der Waals surface area contributed by atoms with Gasteiger partial charge in [-0.1, -0.05) is 119 Å². The summed E-state index contributed by atoms with van der Waals surface area (Å²) in [7, 11) is -2.65. The summed E-state index contributed by atoms with van der Waals surface area (Å²) in [5.74, 6) is 0.596. The van der Waals surface area contributed by atoms with Crippen LogP contribution >= 0.6 is 8.60 Å². The van der Waals surface area contributed by atoms with Gasteiger partial charge in [-0.2, -0.15) is 0 Å². The molecule has 0 saturated heterocycles. The van der Waals surface area contributed by atoms with Gasteiger partial charge in [-0.05, 0) is 118 Å². The molecule has 0 amide bonds. The van der Waals surface area contributed by atoms with Crippen molar-refractivity contribution in [1.29, 1.82) is 0 Å². The number of rotatable bonds is 12. The average Bonchev–Trinajstić information content (AvgIpc) is 2.95. The molecule has 4 heteroatoms.